The lowest BCUT2D eigenvalue weighted by atomic mass is 10.1. The second-order valence-corrected chi connectivity index (χ2v) is 4.31. The van der Waals surface area contributed by atoms with Crippen LogP contribution in [0.3, 0.4) is 0 Å². The smallest absolute Gasteiger partial charge is 0.141 e. The summed E-state index contributed by atoms with van der Waals surface area (Å²) in [5.41, 5.74) is 7.31. The van der Waals surface area contributed by atoms with Crippen LogP contribution in [0.5, 0.6) is 0 Å². The van der Waals surface area contributed by atoms with Gasteiger partial charge in [0.25, 0.3) is 0 Å². The predicted octanol–water partition coefficient (Wildman–Crippen LogP) is 3.13. The minimum absolute atomic E-state index is 0.0824. The number of amidine groups is 1. The van der Waals surface area contributed by atoms with Crippen molar-refractivity contribution < 1.29 is 0 Å². The molecule has 2 aromatic rings. The quantitative estimate of drug-likeness (QED) is 0.606. The molecule has 3 N–H and O–H groups in total. The second kappa shape index (κ2) is 3.92. The monoisotopic (exact) mass is 253 g/mol. The molecule has 0 spiro atoms. The third-order valence-corrected chi connectivity index (χ3v) is 2.95. The number of nitrogens with two attached hydrogens (primary N) is 1. The Labute approximate surface area is 103 Å². The van der Waals surface area contributed by atoms with Crippen molar-refractivity contribution in [2.45, 2.75) is 6.92 Å². The number of aryl methyl sites for hydroxylation is 1. The minimum atomic E-state index is -0.0824. The van der Waals surface area contributed by atoms with Gasteiger partial charge in [-0.2, -0.15) is 0 Å². The summed E-state index contributed by atoms with van der Waals surface area (Å²) >= 11 is 12.1. The number of nitrogen functional groups attached to an aromatic ring is 1. The summed E-state index contributed by atoms with van der Waals surface area (Å²) in [6.45, 7) is 1.89. The van der Waals surface area contributed by atoms with Gasteiger partial charge in [0.2, 0.25) is 0 Å². The number of benzene rings is 1. The number of nitrogens with zero attached hydrogens (tertiary/aromatic N) is 1. The molecule has 0 atom stereocenters. The molecular formula is C11H9Cl2N3. The zero-order valence-electron chi connectivity index (χ0n) is 8.51. The molecule has 0 aliphatic carbocycles. The van der Waals surface area contributed by atoms with Gasteiger partial charge in [0.1, 0.15) is 11.5 Å². The summed E-state index contributed by atoms with van der Waals surface area (Å²) in [5, 5.41) is 9.28. The third kappa shape index (κ3) is 1.72. The van der Waals surface area contributed by atoms with E-state index in [9.17, 15) is 0 Å². The molecule has 1 aromatic carbocycles. The van der Waals surface area contributed by atoms with Gasteiger partial charge in [0.15, 0.2) is 0 Å². The second-order valence-electron chi connectivity index (χ2n) is 3.49. The molecule has 2 rings (SSSR count). The molecule has 0 fully saturated rings. The van der Waals surface area contributed by atoms with Crippen molar-refractivity contribution in [1.82, 2.24) is 4.98 Å². The topological polar surface area (TPSA) is 62.8 Å². The minimum Gasteiger partial charge on any atom is -0.382 e. The van der Waals surface area contributed by atoms with Gasteiger partial charge in [-0.1, -0.05) is 23.2 Å². The fourth-order valence-electron chi connectivity index (χ4n) is 1.59. The van der Waals surface area contributed by atoms with Crippen molar-refractivity contribution in [3.8, 4) is 0 Å². The van der Waals surface area contributed by atoms with Gasteiger partial charge in [0, 0.05) is 5.39 Å². The number of hydrogen-bond acceptors (Lipinski definition) is 2. The Kier molecular flexibility index (Phi) is 2.74. The Bertz CT molecular complexity index is 593. The van der Waals surface area contributed by atoms with Crippen LogP contribution >= 0.6 is 23.2 Å². The highest BCUT2D eigenvalue weighted by Crippen LogP contribution is 2.31. The highest BCUT2D eigenvalue weighted by atomic mass is 35.5. The van der Waals surface area contributed by atoms with Crippen molar-refractivity contribution in [3.63, 3.8) is 0 Å². The average Bonchev–Trinajstić information content (AvgIpc) is 2.22. The third-order valence-electron chi connectivity index (χ3n) is 2.33. The summed E-state index contributed by atoms with van der Waals surface area (Å²) in [6, 6.07) is 5.14. The van der Waals surface area contributed by atoms with Crippen molar-refractivity contribution in [2.24, 2.45) is 5.73 Å². The summed E-state index contributed by atoms with van der Waals surface area (Å²) < 4.78 is 0. The number of rotatable bonds is 1. The largest absolute Gasteiger partial charge is 0.382 e. The van der Waals surface area contributed by atoms with Gasteiger partial charge in [-0.05, 0) is 30.7 Å². The Morgan fingerprint density at radius 2 is 1.94 bits per heavy atom. The molecule has 0 aliphatic heterocycles. The van der Waals surface area contributed by atoms with Crippen LogP contribution in [-0.2, 0) is 0 Å². The number of halogens is 2. The lowest BCUT2D eigenvalue weighted by Crippen LogP contribution is -2.13. The lowest BCUT2D eigenvalue weighted by Gasteiger charge is -2.08. The maximum atomic E-state index is 7.37. The van der Waals surface area contributed by atoms with Crippen LogP contribution in [0.25, 0.3) is 10.9 Å². The molecule has 0 saturated carbocycles. The molecule has 16 heavy (non-hydrogen) atoms. The van der Waals surface area contributed by atoms with Gasteiger partial charge in [-0.3, -0.25) is 5.41 Å². The zero-order valence-corrected chi connectivity index (χ0v) is 10.0. The fourth-order valence-corrected chi connectivity index (χ4v) is 2.09. The predicted molar refractivity (Wildman–Crippen MR) is 67.5 cm³/mol. The molecular weight excluding hydrogens is 245 g/mol. The van der Waals surface area contributed by atoms with E-state index < -0.39 is 0 Å². The van der Waals surface area contributed by atoms with Crippen molar-refractivity contribution >= 4 is 39.9 Å². The van der Waals surface area contributed by atoms with Crippen LogP contribution < -0.4 is 5.73 Å². The molecule has 0 unspecified atom stereocenters. The molecule has 1 aromatic heterocycles. The average molecular weight is 254 g/mol. The van der Waals surface area contributed by atoms with Crippen LogP contribution in [0.2, 0.25) is 10.0 Å². The Balaban J connectivity index is 2.92. The van der Waals surface area contributed by atoms with E-state index in [-0.39, 0.29) is 5.84 Å². The molecule has 5 heteroatoms. The van der Waals surface area contributed by atoms with Gasteiger partial charge in [-0.15, -0.1) is 0 Å². The lowest BCUT2D eigenvalue weighted by molar-refractivity contribution is 1.28. The molecule has 3 nitrogen and oxygen atoms in total. The van der Waals surface area contributed by atoms with E-state index in [1.54, 1.807) is 18.2 Å². The van der Waals surface area contributed by atoms with Gasteiger partial charge >= 0.3 is 0 Å². The summed E-state index contributed by atoms with van der Waals surface area (Å²) in [6.07, 6.45) is 0. The van der Waals surface area contributed by atoms with Crippen LogP contribution in [0.15, 0.2) is 18.2 Å². The number of fused-ring (bicyclic) bond motifs is 1. The first kappa shape index (κ1) is 11.2. The molecule has 0 bridgehead atoms. The highest BCUT2D eigenvalue weighted by Gasteiger charge is 2.10. The molecule has 0 radical (unpaired) electrons. The van der Waals surface area contributed by atoms with E-state index in [2.05, 4.69) is 4.98 Å². The van der Waals surface area contributed by atoms with E-state index in [1.165, 1.54) is 0 Å². The maximum absolute atomic E-state index is 7.37. The highest BCUT2D eigenvalue weighted by molar-refractivity contribution is 6.40. The van der Waals surface area contributed by atoms with Crippen LogP contribution in [0, 0.1) is 12.3 Å². The van der Waals surface area contributed by atoms with Gasteiger partial charge in [0.05, 0.1) is 15.6 Å². The van der Waals surface area contributed by atoms with Crippen LogP contribution in [0.1, 0.15) is 11.3 Å². The first-order valence-corrected chi connectivity index (χ1v) is 5.36. The Morgan fingerprint density at radius 1 is 1.31 bits per heavy atom. The number of nitrogens with one attached hydrogen (secondary N) is 1. The van der Waals surface area contributed by atoms with Crippen molar-refractivity contribution in [3.05, 3.63) is 39.5 Å². The summed E-state index contributed by atoms with van der Waals surface area (Å²) in [4.78, 5) is 4.23. The number of aromatic nitrogens is 1. The molecule has 1 heterocycles. The normalized spacial score (nSPS) is 10.7. The number of hydrogen-bond donors (Lipinski definition) is 2. The summed E-state index contributed by atoms with van der Waals surface area (Å²) in [5.74, 6) is -0.0824. The van der Waals surface area contributed by atoms with Crippen LogP contribution in [-0.4, -0.2) is 10.8 Å². The van der Waals surface area contributed by atoms with Crippen molar-refractivity contribution in [1.29, 1.82) is 5.41 Å². The van der Waals surface area contributed by atoms with E-state index in [0.717, 1.165) is 10.9 Å². The van der Waals surface area contributed by atoms with Crippen molar-refractivity contribution in [2.75, 3.05) is 0 Å². The Morgan fingerprint density at radius 3 is 2.56 bits per heavy atom. The van der Waals surface area contributed by atoms with Crippen LogP contribution in [0.4, 0.5) is 0 Å². The molecule has 0 saturated heterocycles. The van der Waals surface area contributed by atoms with E-state index in [4.69, 9.17) is 34.3 Å². The molecule has 82 valence electrons. The van der Waals surface area contributed by atoms with Gasteiger partial charge < -0.3 is 5.73 Å². The van der Waals surface area contributed by atoms with E-state index in [0.29, 0.717) is 21.3 Å². The summed E-state index contributed by atoms with van der Waals surface area (Å²) in [7, 11) is 0. The molecule has 0 amide bonds. The van der Waals surface area contributed by atoms with Gasteiger partial charge in [-0.25, -0.2) is 4.98 Å². The first-order chi connectivity index (χ1) is 7.50. The van der Waals surface area contributed by atoms with E-state index >= 15 is 0 Å². The Hall–Kier alpha value is -1.32. The zero-order chi connectivity index (χ0) is 11.9. The van der Waals surface area contributed by atoms with E-state index in [1.807, 2.05) is 6.92 Å². The fraction of sp³-hybridized carbons (Fsp3) is 0.0909. The standard InChI is InChI=1S/C11H9Cl2N3/c1-5-4-8(11(14)15)16-10-7(13)3-2-6(12)9(5)10/h2-4H,1H3,(H3,14,15). The molecule has 0 aliphatic rings. The maximum Gasteiger partial charge on any atom is 0.141 e. The SMILES string of the molecule is Cc1cc(C(=N)N)nc2c(Cl)ccc(Cl)c12. The number of pyridine rings is 1. The first-order valence-electron chi connectivity index (χ1n) is 4.60.